The van der Waals surface area contributed by atoms with Crippen molar-refractivity contribution >= 4 is 29.3 Å². The average molecular weight is 373 g/mol. The number of nitrogens with two attached hydrogens (primary N) is 1. The minimum absolute atomic E-state index is 0.0194. The zero-order valence-corrected chi connectivity index (χ0v) is 14.9. The molecule has 6 N–H and O–H groups in total. The SMILES string of the molecule is COc1cc(C)nc(NCc2cc(F)c(N3CC(=O)NN3)c(N)c2C=N)c1. The van der Waals surface area contributed by atoms with E-state index in [2.05, 4.69) is 21.3 Å². The monoisotopic (exact) mass is 373 g/mol. The van der Waals surface area contributed by atoms with Crippen LogP contribution in [0.25, 0.3) is 0 Å². The first-order valence-electron chi connectivity index (χ1n) is 8.12. The van der Waals surface area contributed by atoms with Crippen molar-refractivity contribution in [3.05, 3.63) is 40.8 Å². The molecule has 0 bridgehead atoms. The standard InChI is InChI=1S/C17H20FN7O2/c1-9-3-11(27-2)5-14(22-9)21-7-10-4-13(18)17(16(20)12(10)6-19)25-8-15(26)23-24-25/h3-6,19,24H,7-8,20H2,1-2H3,(H,21,22)(H,23,26). The molecule has 0 spiro atoms. The summed E-state index contributed by atoms with van der Waals surface area (Å²) >= 11 is 0. The molecule has 142 valence electrons. The molecule has 3 rings (SSSR count). The molecule has 0 radical (unpaired) electrons. The van der Waals surface area contributed by atoms with E-state index < -0.39 is 5.82 Å². The Morgan fingerprint density at radius 1 is 1.48 bits per heavy atom. The van der Waals surface area contributed by atoms with E-state index in [1.54, 1.807) is 19.2 Å². The highest BCUT2D eigenvalue weighted by Crippen LogP contribution is 2.32. The van der Waals surface area contributed by atoms with Crippen LogP contribution in [-0.4, -0.2) is 30.8 Å². The number of carbonyl (C=O) groups is 1. The van der Waals surface area contributed by atoms with Crippen molar-refractivity contribution in [1.29, 1.82) is 5.41 Å². The van der Waals surface area contributed by atoms with Crippen LogP contribution in [0.1, 0.15) is 16.8 Å². The van der Waals surface area contributed by atoms with E-state index in [1.807, 2.05) is 6.92 Å². The van der Waals surface area contributed by atoms with Crippen molar-refractivity contribution in [3.8, 4) is 5.75 Å². The maximum absolute atomic E-state index is 14.7. The summed E-state index contributed by atoms with van der Waals surface area (Å²) in [6, 6.07) is 4.80. The number of rotatable bonds is 6. The number of methoxy groups -OCH3 is 1. The number of pyridine rings is 1. The molecule has 1 aromatic heterocycles. The summed E-state index contributed by atoms with van der Waals surface area (Å²) in [6.07, 6.45) is 1.06. The van der Waals surface area contributed by atoms with Gasteiger partial charge in [0.05, 0.1) is 12.8 Å². The second-order valence-corrected chi connectivity index (χ2v) is 5.97. The van der Waals surface area contributed by atoms with Gasteiger partial charge in [-0.1, -0.05) is 0 Å². The van der Waals surface area contributed by atoms with Gasteiger partial charge in [0.25, 0.3) is 5.91 Å². The molecular weight excluding hydrogens is 353 g/mol. The molecule has 1 fully saturated rings. The van der Waals surface area contributed by atoms with Gasteiger partial charge in [-0.2, -0.15) is 0 Å². The number of amides is 1. The molecule has 0 aliphatic carbocycles. The van der Waals surface area contributed by atoms with E-state index in [0.717, 1.165) is 11.9 Å². The second kappa shape index (κ2) is 7.46. The van der Waals surface area contributed by atoms with Crippen LogP contribution >= 0.6 is 0 Å². The third-order valence-corrected chi connectivity index (χ3v) is 4.09. The Balaban J connectivity index is 1.89. The number of nitrogen functional groups attached to an aromatic ring is 1. The Hall–Kier alpha value is -3.40. The lowest BCUT2D eigenvalue weighted by Gasteiger charge is -2.21. The van der Waals surface area contributed by atoms with E-state index in [-0.39, 0.29) is 30.4 Å². The first-order chi connectivity index (χ1) is 12.9. The van der Waals surface area contributed by atoms with Gasteiger partial charge in [-0.3, -0.25) is 15.2 Å². The predicted molar refractivity (Wildman–Crippen MR) is 100 cm³/mol. The number of benzene rings is 1. The molecule has 1 aromatic carbocycles. The highest BCUT2D eigenvalue weighted by atomic mass is 19.1. The molecule has 1 aliphatic rings. The van der Waals surface area contributed by atoms with Crippen LogP contribution in [0.15, 0.2) is 18.2 Å². The van der Waals surface area contributed by atoms with Gasteiger partial charge < -0.3 is 21.2 Å². The molecule has 0 saturated carbocycles. The average Bonchev–Trinajstić information content (AvgIpc) is 3.05. The summed E-state index contributed by atoms with van der Waals surface area (Å²) in [4.78, 5) is 15.7. The van der Waals surface area contributed by atoms with E-state index in [1.165, 1.54) is 11.1 Å². The Morgan fingerprint density at radius 2 is 2.26 bits per heavy atom. The smallest absolute Gasteiger partial charge is 0.256 e. The lowest BCUT2D eigenvalue weighted by atomic mass is 10.0. The predicted octanol–water partition coefficient (Wildman–Crippen LogP) is 1.09. The maximum atomic E-state index is 14.7. The number of hydrazine groups is 2. The highest BCUT2D eigenvalue weighted by Gasteiger charge is 2.26. The quantitative estimate of drug-likeness (QED) is 0.379. The molecule has 0 unspecified atom stereocenters. The molecule has 1 saturated heterocycles. The minimum Gasteiger partial charge on any atom is -0.497 e. The largest absolute Gasteiger partial charge is 0.497 e. The lowest BCUT2D eigenvalue weighted by molar-refractivity contribution is -0.118. The molecule has 1 amide bonds. The van der Waals surface area contributed by atoms with Crippen LogP contribution in [0.3, 0.4) is 0 Å². The van der Waals surface area contributed by atoms with E-state index in [0.29, 0.717) is 22.7 Å². The summed E-state index contributed by atoms with van der Waals surface area (Å²) in [5.74, 6) is 0.293. The minimum atomic E-state index is -0.603. The fraction of sp³-hybridized carbons (Fsp3) is 0.235. The fourth-order valence-electron chi connectivity index (χ4n) is 2.84. The Morgan fingerprint density at radius 3 is 2.89 bits per heavy atom. The first-order valence-corrected chi connectivity index (χ1v) is 8.12. The van der Waals surface area contributed by atoms with Crippen LogP contribution in [0.2, 0.25) is 0 Å². The van der Waals surface area contributed by atoms with Gasteiger partial charge in [-0.25, -0.2) is 9.37 Å². The summed E-state index contributed by atoms with van der Waals surface area (Å²) in [5.41, 5.74) is 12.7. The van der Waals surface area contributed by atoms with Gasteiger partial charge in [-0.15, -0.1) is 5.53 Å². The normalized spacial score (nSPS) is 13.4. The van der Waals surface area contributed by atoms with Gasteiger partial charge >= 0.3 is 0 Å². The number of aryl methyl sites for hydroxylation is 1. The zero-order valence-electron chi connectivity index (χ0n) is 14.9. The molecular formula is C17H20FN7O2. The molecule has 27 heavy (non-hydrogen) atoms. The van der Waals surface area contributed by atoms with Crippen LogP contribution in [-0.2, 0) is 11.3 Å². The number of hydrogen-bond donors (Lipinski definition) is 5. The molecule has 10 heteroatoms. The van der Waals surface area contributed by atoms with Gasteiger partial charge in [0.15, 0.2) is 0 Å². The number of anilines is 3. The Kier molecular flexibility index (Phi) is 5.08. The van der Waals surface area contributed by atoms with Crippen LogP contribution in [0, 0.1) is 18.2 Å². The topological polar surface area (TPSA) is 128 Å². The highest BCUT2D eigenvalue weighted by molar-refractivity contribution is 5.94. The van der Waals surface area contributed by atoms with E-state index in [4.69, 9.17) is 15.9 Å². The number of halogens is 1. The van der Waals surface area contributed by atoms with Crippen molar-refractivity contribution in [1.82, 2.24) is 15.9 Å². The van der Waals surface area contributed by atoms with Crippen LogP contribution < -0.4 is 31.8 Å². The van der Waals surface area contributed by atoms with Crippen molar-refractivity contribution in [2.24, 2.45) is 0 Å². The maximum Gasteiger partial charge on any atom is 0.256 e. The number of nitrogens with one attached hydrogen (secondary N) is 4. The third kappa shape index (κ3) is 3.75. The van der Waals surface area contributed by atoms with Crippen molar-refractivity contribution in [2.75, 3.05) is 29.7 Å². The van der Waals surface area contributed by atoms with Gasteiger partial charge in [-0.05, 0) is 18.6 Å². The van der Waals surface area contributed by atoms with Gasteiger partial charge in [0, 0.05) is 36.1 Å². The van der Waals surface area contributed by atoms with Crippen LogP contribution in [0.4, 0.5) is 21.6 Å². The van der Waals surface area contributed by atoms with Crippen molar-refractivity contribution in [2.45, 2.75) is 13.5 Å². The molecule has 9 nitrogen and oxygen atoms in total. The number of nitrogens with zero attached hydrogens (tertiary/aromatic N) is 2. The third-order valence-electron chi connectivity index (χ3n) is 4.09. The fourth-order valence-corrected chi connectivity index (χ4v) is 2.84. The first kappa shape index (κ1) is 18.4. The molecule has 1 aliphatic heterocycles. The van der Waals surface area contributed by atoms with Gasteiger partial charge in [0.2, 0.25) is 0 Å². The molecule has 0 atom stereocenters. The number of ether oxygens (including phenoxy) is 1. The summed E-state index contributed by atoms with van der Waals surface area (Å²) < 4.78 is 19.9. The lowest BCUT2D eigenvalue weighted by Crippen LogP contribution is -2.37. The summed E-state index contributed by atoms with van der Waals surface area (Å²) in [7, 11) is 1.56. The Labute approximate surface area is 155 Å². The van der Waals surface area contributed by atoms with Crippen LogP contribution in [0.5, 0.6) is 5.75 Å². The molecule has 2 heterocycles. The van der Waals surface area contributed by atoms with Crippen molar-refractivity contribution in [3.63, 3.8) is 0 Å². The second-order valence-electron chi connectivity index (χ2n) is 5.97. The van der Waals surface area contributed by atoms with Gasteiger partial charge in [0.1, 0.15) is 29.6 Å². The summed E-state index contributed by atoms with van der Waals surface area (Å²) in [6.45, 7) is 1.96. The Bertz CT molecular complexity index is 903. The zero-order chi connectivity index (χ0) is 19.6. The summed E-state index contributed by atoms with van der Waals surface area (Å²) in [5, 5.41) is 12.0. The van der Waals surface area contributed by atoms with Crippen molar-refractivity contribution < 1.29 is 13.9 Å². The number of carbonyl (C=O) groups excluding carboxylic acids is 1. The number of hydrogen-bond acceptors (Lipinski definition) is 8. The molecule has 2 aromatic rings. The number of aromatic nitrogens is 1. The van der Waals surface area contributed by atoms with E-state index in [9.17, 15) is 9.18 Å². The van der Waals surface area contributed by atoms with E-state index >= 15 is 0 Å².